The first kappa shape index (κ1) is 13.6. The number of nitrogens with two attached hydrogens (primary N) is 1. The van der Waals surface area contributed by atoms with Crippen LogP contribution in [0.3, 0.4) is 0 Å². The maximum atomic E-state index is 11.7. The molecule has 0 radical (unpaired) electrons. The lowest BCUT2D eigenvalue weighted by atomic mass is 10.1. The largest absolute Gasteiger partial charge is 0.354 e. The summed E-state index contributed by atoms with van der Waals surface area (Å²) in [6.07, 6.45) is 1.20. The van der Waals surface area contributed by atoms with Gasteiger partial charge in [0.2, 0.25) is 0 Å². The van der Waals surface area contributed by atoms with Gasteiger partial charge in [0, 0.05) is 18.5 Å². The fraction of sp³-hybridized carbons (Fsp3) is 0.143. The molecule has 0 aliphatic heterocycles. The van der Waals surface area contributed by atoms with Crippen LogP contribution in [0, 0.1) is 0 Å². The molecule has 0 unspecified atom stereocenters. The molecule has 3 N–H and O–H groups in total. The van der Waals surface area contributed by atoms with Crippen LogP contribution < -0.4 is 11.1 Å². The number of hydrogen-bond acceptors (Lipinski definition) is 4. The maximum absolute atomic E-state index is 11.7. The normalized spacial score (nSPS) is 11.3. The van der Waals surface area contributed by atoms with Crippen LogP contribution in [0.15, 0.2) is 53.4 Å². The van der Waals surface area contributed by atoms with Gasteiger partial charge in [-0.15, -0.1) is 0 Å². The van der Waals surface area contributed by atoms with E-state index < -0.39 is 9.84 Å². The van der Waals surface area contributed by atoms with Crippen LogP contribution in [0.4, 0.5) is 11.4 Å². The van der Waals surface area contributed by atoms with Crippen LogP contribution in [0.5, 0.6) is 0 Å². The molecular weight excluding hydrogens is 260 g/mol. The van der Waals surface area contributed by atoms with Crippen LogP contribution in [0.1, 0.15) is 5.56 Å². The van der Waals surface area contributed by atoms with E-state index in [0.717, 1.165) is 11.3 Å². The van der Waals surface area contributed by atoms with Gasteiger partial charge in [-0.3, -0.25) is 0 Å². The van der Waals surface area contributed by atoms with Crippen molar-refractivity contribution in [1.82, 2.24) is 0 Å². The van der Waals surface area contributed by atoms with Gasteiger partial charge in [0.15, 0.2) is 9.84 Å². The Morgan fingerprint density at radius 1 is 1.00 bits per heavy atom. The third-order valence-corrected chi connectivity index (χ3v) is 3.95. The summed E-state index contributed by atoms with van der Waals surface area (Å²) in [6, 6.07) is 14.4. The van der Waals surface area contributed by atoms with Gasteiger partial charge in [0.25, 0.3) is 0 Å². The zero-order valence-corrected chi connectivity index (χ0v) is 11.4. The summed E-state index contributed by atoms with van der Waals surface area (Å²) < 4.78 is 23.5. The predicted molar refractivity (Wildman–Crippen MR) is 77.2 cm³/mol. The van der Waals surface area contributed by atoms with E-state index in [1.807, 2.05) is 24.3 Å². The molecule has 0 saturated heterocycles. The van der Waals surface area contributed by atoms with Crippen molar-refractivity contribution in [3.63, 3.8) is 0 Å². The first-order valence-corrected chi connectivity index (χ1v) is 7.75. The average molecular weight is 276 g/mol. The Hall–Kier alpha value is -1.85. The van der Waals surface area contributed by atoms with Gasteiger partial charge in [0.1, 0.15) is 0 Å². The van der Waals surface area contributed by atoms with Gasteiger partial charge in [-0.25, -0.2) is 8.42 Å². The fourth-order valence-corrected chi connectivity index (χ4v) is 2.70. The third-order valence-electron chi connectivity index (χ3n) is 2.79. The Kier molecular flexibility index (Phi) is 3.87. The second-order valence-corrected chi connectivity index (χ2v) is 6.24. The van der Waals surface area contributed by atoms with Crippen molar-refractivity contribution in [3.05, 3.63) is 54.1 Å². The number of benzene rings is 2. The summed E-state index contributed by atoms with van der Waals surface area (Å²) in [4.78, 5) is 0.279. The van der Waals surface area contributed by atoms with E-state index in [0.29, 0.717) is 12.2 Å². The highest BCUT2D eigenvalue weighted by molar-refractivity contribution is 7.90. The molecular formula is C14H16N2O2S. The molecule has 0 aromatic heterocycles. The van der Waals surface area contributed by atoms with Gasteiger partial charge < -0.3 is 11.1 Å². The van der Waals surface area contributed by atoms with Crippen LogP contribution in [-0.4, -0.2) is 14.7 Å². The summed E-state index contributed by atoms with van der Waals surface area (Å²) in [5.74, 6) is 0. The number of para-hydroxylation sites is 2. The number of sulfone groups is 1. The first-order valence-electron chi connectivity index (χ1n) is 5.86. The van der Waals surface area contributed by atoms with Crippen LogP contribution in [0.25, 0.3) is 0 Å². The highest BCUT2D eigenvalue weighted by Gasteiger charge is 2.13. The van der Waals surface area contributed by atoms with E-state index in [1.165, 1.54) is 6.26 Å². The quantitative estimate of drug-likeness (QED) is 0.898. The molecule has 0 bridgehead atoms. The Morgan fingerprint density at radius 2 is 1.58 bits per heavy atom. The lowest BCUT2D eigenvalue weighted by molar-refractivity contribution is 0.602. The van der Waals surface area contributed by atoms with Crippen LogP contribution in [0.2, 0.25) is 0 Å². The second-order valence-electron chi connectivity index (χ2n) is 4.25. The lowest BCUT2D eigenvalue weighted by Crippen LogP contribution is -2.05. The van der Waals surface area contributed by atoms with Crippen molar-refractivity contribution in [2.45, 2.75) is 11.4 Å². The van der Waals surface area contributed by atoms with E-state index in [1.54, 1.807) is 24.3 Å². The Morgan fingerprint density at radius 3 is 2.21 bits per heavy atom. The molecule has 0 amide bonds. The molecule has 0 saturated carbocycles. The molecule has 2 aromatic rings. The average Bonchev–Trinajstić information content (AvgIpc) is 2.39. The molecule has 2 aromatic carbocycles. The number of rotatable bonds is 4. The van der Waals surface area contributed by atoms with Crippen molar-refractivity contribution in [1.29, 1.82) is 0 Å². The topological polar surface area (TPSA) is 72.2 Å². The van der Waals surface area contributed by atoms with E-state index >= 15 is 0 Å². The van der Waals surface area contributed by atoms with E-state index in [9.17, 15) is 8.42 Å². The van der Waals surface area contributed by atoms with Gasteiger partial charge >= 0.3 is 0 Å². The molecule has 5 heteroatoms. The standard InChI is InChI=1S/C14H16N2O2S/c1-19(17,18)14-9-5-4-8-13(14)16-12-7-3-2-6-11(12)10-15/h2-9,16H,10,15H2,1H3. The van der Waals surface area contributed by atoms with E-state index in [-0.39, 0.29) is 4.90 Å². The highest BCUT2D eigenvalue weighted by Crippen LogP contribution is 2.26. The Labute approximate surface area is 113 Å². The van der Waals surface area contributed by atoms with Crippen LogP contribution in [-0.2, 0) is 16.4 Å². The Bertz CT molecular complexity index is 681. The predicted octanol–water partition coefficient (Wildman–Crippen LogP) is 2.29. The summed E-state index contributed by atoms with van der Waals surface area (Å²) in [7, 11) is -3.27. The van der Waals surface area contributed by atoms with E-state index in [2.05, 4.69) is 5.32 Å². The zero-order valence-electron chi connectivity index (χ0n) is 10.6. The summed E-state index contributed by atoms with van der Waals surface area (Å²) in [6.45, 7) is 0.393. The summed E-state index contributed by atoms with van der Waals surface area (Å²) >= 11 is 0. The SMILES string of the molecule is CS(=O)(=O)c1ccccc1Nc1ccccc1CN. The summed E-state index contributed by atoms with van der Waals surface area (Å²) in [5.41, 5.74) is 7.99. The molecule has 0 fully saturated rings. The molecule has 2 rings (SSSR count). The van der Waals surface area contributed by atoms with Crippen molar-refractivity contribution in [2.24, 2.45) is 5.73 Å². The summed E-state index contributed by atoms with van der Waals surface area (Å²) in [5, 5.41) is 3.14. The van der Waals surface area contributed by atoms with Crippen molar-refractivity contribution >= 4 is 21.2 Å². The van der Waals surface area contributed by atoms with Crippen molar-refractivity contribution in [3.8, 4) is 0 Å². The lowest BCUT2D eigenvalue weighted by Gasteiger charge is -2.13. The molecule has 0 spiro atoms. The smallest absolute Gasteiger partial charge is 0.177 e. The third kappa shape index (κ3) is 3.13. The van der Waals surface area contributed by atoms with Gasteiger partial charge in [0.05, 0.1) is 10.6 Å². The zero-order chi connectivity index (χ0) is 13.9. The molecule has 4 nitrogen and oxygen atoms in total. The fourth-order valence-electron chi connectivity index (χ4n) is 1.86. The van der Waals surface area contributed by atoms with Crippen LogP contribution >= 0.6 is 0 Å². The number of anilines is 2. The number of nitrogens with one attached hydrogen (secondary N) is 1. The van der Waals surface area contributed by atoms with Gasteiger partial charge in [-0.1, -0.05) is 30.3 Å². The molecule has 0 aliphatic carbocycles. The highest BCUT2D eigenvalue weighted by atomic mass is 32.2. The molecule has 0 atom stereocenters. The van der Waals surface area contributed by atoms with E-state index in [4.69, 9.17) is 5.73 Å². The molecule has 100 valence electrons. The van der Waals surface area contributed by atoms with Crippen molar-refractivity contribution < 1.29 is 8.42 Å². The molecule has 0 aliphatic rings. The second kappa shape index (κ2) is 5.42. The minimum atomic E-state index is -3.27. The maximum Gasteiger partial charge on any atom is 0.177 e. The monoisotopic (exact) mass is 276 g/mol. The van der Waals surface area contributed by atoms with Gasteiger partial charge in [-0.2, -0.15) is 0 Å². The number of hydrogen-bond donors (Lipinski definition) is 2. The first-order chi connectivity index (χ1) is 9.02. The van der Waals surface area contributed by atoms with Gasteiger partial charge in [-0.05, 0) is 23.8 Å². The Balaban J connectivity index is 2.45. The minimum absolute atomic E-state index is 0.279. The molecule has 19 heavy (non-hydrogen) atoms. The minimum Gasteiger partial charge on any atom is -0.354 e. The van der Waals surface area contributed by atoms with Crippen molar-refractivity contribution in [2.75, 3.05) is 11.6 Å². The molecule has 0 heterocycles.